The summed E-state index contributed by atoms with van der Waals surface area (Å²) in [6.07, 6.45) is 2.55. The van der Waals surface area contributed by atoms with Crippen molar-refractivity contribution in [3.05, 3.63) is 34.9 Å². The third-order valence-corrected chi connectivity index (χ3v) is 3.84. The van der Waals surface area contributed by atoms with Crippen LogP contribution in [0.15, 0.2) is 24.3 Å². The molecule has 2 rings (SSSR count). The molecule has 1 heterocycles. The number of benzene rings is 1. The highest BCUT2D eigenvalue weighted by Gasteiger charge is 2.21. The number of hydrogen-bond donors (Lipinski definition) is 1. The molecule has 1 aromatic rings. The zero-order valence-corrected chi connectivity index (χ0v) is 13.4. The lowest BCUT2D eigenvalue weighted by Crippen LogP contribution is -2.36. The molecule has 0 aromatic heterocycles. The van der Waals surface area contributed by atoms with Gasteiger partial charge in [-0.05, 0) is 44.6 Å². The van der Waals surface area contributed by atoms with Gasteiger partial charge >= 0.3 is 0 Å². The largest absolute Gasteiger partial charge is 0.378 e. The summed E-state index contributed by atoms with van der Waals surface area (Å²) in [7, 11) is 3.99. The number of hydrogen-bond acceptors (Lipinski definition) is 3. The molecule has 0 spiro atoms. The van der Waals surface area contributed by atoms with Gasteiger partial charge in [-0.2, -0.15) is 0 Å². The quantitative estimate of drug-likeness (QED) is 0.878. The molecule has 1 aromatic carbocycles. The summed E-state index contributed by atoms with van der Waals surface area (Å²) in [6.45, 7) is 1.52. The van der Waals surface area contributed by atoms with Crippen LogP contribution < -0.4 is 5.32 Å². The molecule has 2 atom stereocenters. The number of likely N-dealkylation sites (N-methyl/N-ethyl adjacent to an activating group) is 1. The van der Waals surface area contributed by atoms with Crippen molar-refractivity contribution < 1.29 is 9.53 Å². The Morgan fingerprint density at radius 3 is 2.71 bits per heavy atom. The van der Waals surface area contributed by atoms with E-state index >= 15 is 0 Å². The van der Waals surface area contributed by atoms with Crippen molar-refractivity contribution in [1.29, 1.82) is 0 Å². The highest BCUT2D eigenvalue weighted by Crippen LogP contribution is 2.19. The smallest absolute Gasteiger partial charge is 0.223 e. The average Bonchev–Trinajstić information content (AvgIpc) is 2.91. The molecule has 1 saturated heterocycles. The van der Waals surface area contributed by atoms with Crippen LogP contribution in [-0.4, -0.2) is 44.2 Å². The Morgan fingerprint density at radius 1 is 1.43 bits per heavy atom. The minimum absolute atomic E-state index is 0.0360. The number of ether oxygens (including phenoxy) is 1. The standard InChI is InChI=1S/C16H23ClN2O2/c1-19(2)11-15(12-5-7-13(17)8-6-12)18-16(20)10-14-4-3-9-21-14/h5-8,14-15H,3-4,9-11H2,1-2H3,(H,18,20)/t14-,15-/m1/s1. The Balaban J connectivity index is 1.98. The fourth-order valence-corrected chi connectivity index (χ4v) is 2.69. The number of rotatable bonds is 6. The number of nitrogens with zero attached hydrogens (tertiary/aromatic N) is 1. The predicted molar refractivity (Wildman–Crippen MR) is 84.5 cm³/mol. The topological polar surface area (TPSA) is 41.6 Å². The summed E-state index contributed by atoms with van der Waals surface area (Å²) in [6, 6.07) is 7.59. The first kappa shape index (κ1) is 16.3. The van der Waals surface area contributed by atoms with Crippen LogP contribution in [0.4, 0.5) is 0 Å². The Bertz CT molecular complexity index is 456. The van der Waals surface area contributed by atoms with E-state index in [-0.39, 0.29) is 18.1 Å². The molecular formula is C16H23ClN2O2. The van der Waals surface area contributed by atoms with E-state index in [1.165, 1.54) is 0 Å². The van der Waals surface area contributed by atoms with Crippen LogP contribution in [0.1, 0.15) is 30.9 Å². The zero-order chi connectivity index (χ0) is 15.2. The van der Waals surface area contributed by atoms with Gasteiger partial charge in [0, 0.05) is 18.2 Å². The van der Waals surface area contributed by atoms with Gasteiger partial charge in [-0.25, -0.2) is 0 Å². The average molecular weight is 311 g/mol. The van der Waals surface area contributed by atoms with Gasteiger partial charge < -0.3 is 15.0 Å². The monoisotopic (exact) mass is 310 g/mol. The Labute approximate surface area is 131 Å². The molecule has 1 N–H and O–H groups in total. The molecule has 0 saturated carbocycles. The van der Waals surface area contributed by atoms with Crippen LogP contribution >= 0.6 is 11.6 Å². The van der Waals surface area contributed by atoms with E-state index in [0.29, 0.717) is 11.4 Å². The number of halogens is 1. The molecule has 5 heteroatoms. The second kappa shape index (κ2) is 7.78. The van der Waals surface area contributed by atoms with Gasteiger partial charge in [0.1, 0.15) is 0 Å². The third kappa shape index (κ3) is 5.30. The third-order valence-electron chi connectivity index (χ3n) is 3.59. The first-order valence-electron chi connectivity index (χ1n) is 7.36. The van der Waals surface area contributed by atoms with Gasteiger partial charge in [0.05, 0.1) is 18.6 Å². The van der Waals surface area contributed by atoms with Crippen LogP contribution in [0, 0.1) is 0 Å². The fraction of sp³-hybridized carbons (Fsp3) is 0.562. The van der Waals surface area contributed by atoms with Gasteiger partial charge in [0.15, 0.2) is 0 Å². The van der Waals surface area contributed by atoms with E-state index < -0.39 is 0 Å². The van der Waals surface area contributed by atoms with Crippen molar-refractivity contribution in [2.75, 3.05) is 27.2 Å². The van der Waals surface area contributed by atoms with Crippen molar-refractivity contribution >= 4 is 17.5 Å². The fourth-order valence-electron chi connectivity index (χ4n) is 2.56. The molecule has 116 valence electrons. The van der Waals surface area contributed by atoms with E-state index in [1.54, 1.807) is 0 Å². The summed E-state index contributed by atoms with van der Waals surface area (Å²) in [5.74, 6) is 0.0451. The van der Waals surface area contributed by atoms with Crippen LogP contribution in [0.25, 0.3) is 0 Å². The van der Waals surface area contributed by atoms with Crippen molar-refractivity contribution in [3.8, 4) is 0 Å². The first-order chi connectivity index (χ1) is 10.0. The zero-order valence-electron chi connectivity index (χ0n) is 12.6. The van der Waals surface area contributed by atoms with Crippen molar-refractivity contribution in [1.82, 2.24) is 10.2 Å². The van der Waals surface area contributed by atoms with Crippen molar-refractivity contribution in [2.24, 2.45) is 0 Å². The molecule has 1 fully saturated rings. The Morgan fingerprint density at radius 2 is 2.14 bits per heavy atom. The lowest BCUT2D eigenvalue weighted by molar-refractivity contribution is -0.124. The molecule has 0 radical (unpaired) electrons. The second-order valence-corrected chi connectivity index (χ2v) is 6.21. The van der Waals surface area contributed by atoms with Crippen molar-refractivity contribution in [3.63, 3.8) is 0 Å². The summed E-state index contributed by atoms with van der Waals surface area (Å²) in [5, 5.41) is 3.81. The Kier molecular flexibility index (Phi) is 6.03. The summed E-state index contributed by atoms with van der Waals surface area (Å²) in [5.41, 5.74) is 1.06. The van der Waals surface area contributed by atoms with Gasteiger partial charge in [-0.1, -0.05) is 23.7 Å². The number of carbonyl (C=O) groups is 1. The summed E-state index contributed by atoms with van der Waals surface area (Å²) >= 11 is 5.93. The molecule has 1 aliphatic rings. The second-order valence-electron chi connectivity index (χ2n) is 5.77. The Hall–Kier alpha value is -1.10. The summed E-state index contributed by atoms with van der Waals surface area (Å²) < 4.78 is 5.52. The minimum Gasteiger partial charge on any atom is -0.378 e. The molecule has 21 heavy (non-hydrogen) atoms. The van der Waals surface area contributed by atoms with E-state index in [9.17, 15) is 4.79 Å². The molecule has 0 aliphatic carbocycles. The molecule has 1 aliphatic heterocycles. The van der Waals surface area contributed by atoms with Gasteiger partial charge in [0.25, 0.3) is 0 Å². The lowest BCUT2D eigenvalue weighted by atomic mass is 10.1. The van der Waals surface area contributed by atoms with E-state index in [2.05, 4.69) is 10.2 Å². The van der Waals surface area contributed by atoms with Crippen LogP contribution in [0.5, 0.6) is 0 Å². The van der Waals surface area contributed by atoms with Crippen LogP contribution in [0.2, 0.25) is 5.02 Å². The minimum atomic E-state index is -0.0360. The van der Waals surface area contributed by atoms with E-state index in [4.69, 9.17) is 16.3 Å². The normalized spacial score (nSPS) is 19.7. The maximum atomic E-state index is 12.2. The van der Waals surface area contributed by atoms with Crippen LogP contribution in [0.3, 0.4) is 0 Å². The highest BCUT2D eigenvalue weighted by atomic mass is 35.5. The molecule has 4 nitrogen and oxygen atoms in total. The van der Waals surface area contributed by atoms with Gasteiger partial charge in [0.2, 0.25) is 5.91 Å². The van der Waals surface area contributed by atoms with E-state index in [0.717, 1.165) is 31.6 Å². The van der Waals surface area contributed by atoms with Crippen molar-refractivity contribution in [2.45, 2.75) is 31.4 Å². The lowest BCUT2D eigenvalue weighted by Gasteiger charge is -2.23. The maximum Gasteiger partial charge on any atom is 0.223 e. The molecular weight excluding hydrogens is 288 g/mol. The SMILES string of the molecule is CN(C)C[C@@H](NC(=O)C[C@H]1CCCO1)c1ccc(Cl)cc1. The highest BCUT2D eigenvalue weighted by molar-refractivity contribution is 6.30. The number of nitrogens with one attached hydrogen (secondary N) is 1. The number of carbonyl (C=O) groups excluding carboxylic acids is 1. The first-order valence-corrected chi connectivity index (χ1v) is 7.73. The molecule has 0 unspecified atom stereocenters. The number of amides is 1. The molecule has 0 bridgehead atoms. The van der Waals surface area contributed by atoms with Gasteiger partial charge in [-0.15, -0.1) is 0 Å². The maximum absolute atomic E-state index is 12.2. The predicted octanol–water partition coefficient (Wildman–Crippen LogP) is 2.63. The van der Waals surface area contributed by atoms with Gasteiger partial charge in [-0.3, -0.25) is 4.79 Å². The van der Waals surface area contributed by atoms with E-state index in [1.807, 2.05) is 38.4 Å². The molecule has 1 amide bonds. The summed E-state index contributed by atoms with van der Waals surface area (Å²) in [4.78, 5) is 14.3. The van der Waals surface area contributed by atoms with Crippen LogP contribution in [-0.2, 0) is 9.53 Å².